The normalized spacial score (nSPS) is 12.6. The lowest BCUT2D eigenvalue weighted by molar-refractivity contribution is 0.249. The number of rotatable bonds is 4. The Balaban J connectivity index is 2.12. The Morgan fingerprint density at radius 2 is 1.89 bits per heavy atom. The van der Waals surface area contributed by atoms with Crippen molar-refractivity contribution >= 4 is 5.69 Å². The van der Waals surface area contributed by atoms with Crippen molar-refractivity contribution in [2.75, 3.05) is 12.8 Å². The van der Waals surface area contributed by atoms with Gasteiger partial charge in [-0.1, -0.05) is 30.3 Å². The Kier molecular flexibility index (Phi) is 4.17. The van der Waals surface area contributed by atoms with Crippen molar-refractivity contribution in [3.05, 3.63) is 65.5 Å². The summed E-state index contributed by atoms with van der Waals surface area (Å²) in [5.74, 6) is -0.158. The summed E-state index contributed by atoms with van der Waals surface area (Å²) in [6.45, 7) is 2.66. The number of nitrogens with zero attached hydrogens (tertiary/aromatic N) is 1. The molecule has 0 aromatic heterocycles. The Bertz CT molecular complexity index is 554. The molecule has 1 unspecified atom stereocenters. The molecule has 0 radical (unpaired) electrons. The van der Waals surface area contributed by atoms with E-state index in [1.54, 1.807) is 6.07 Å². The molecule has 0 saturated heterocycles. The number of hydrogen-bond acceptors (Lipinski definition) is 2. The molecule has 0 aliphatic carbocycles. The number of nitrogens with two attached hydrogens (primary N) is 1. The van der Waals surface area contributed by atoms with Gasteiger partial charge in [-0.25, -0.2) is 4.39 Å². The predicted octanol–water partition coefficient (Wildman–Crippen LogP) is 3.60. The van der Waals surface area contributed by atoms with Gasteiger partial charge in [0.1, 0.15) is 5.82 Å². The molecule has 2 nitrogen and oxygen atoms in total. The molecule has 100 valence electrons. The molecule has 2 rings (SSSR count). The lowest BCUT2D eigenvalue weighted by Crippen LogP contribution is -2.22. The van der Waals surface area contributed by atoms with Crippen LogP contribution in [0.15, 0.2) is 48.5 Å². The van der Waals surface area contributed by atoms with Crippen LogP contribution < -0.4 is 5.73 Å². The summed E-state index contributed by atoms with van der Waals surface area (Å²) in [6, 6.07) is 14.9. The van der Waals surface area contributed by atoms with Gasteiger partial charge >= 0.3 is 0 Å². The molecule has 0 amide bonds. The van der Waals surface area contributed by atoms with E-state index < -0.39 is 0 Å². The fourth-order valence-corrected chi connectivity index (χ4v) is 2.11. The van der Waals surface area contributed by atoms with E-state index in [9.17, 15) is 4.39 Å². The molecule has 2 N–H and O–H groups in total. The fraction of sp³-hybridized carbons (Fsp3) is 0.250. The first-order valence-electron chi connectivity index (χ1n) is 6.37. The highest BCUT2D eigenvalue weighted by Gasteiger charge is 2.13. The van der Waals surface area contributed by atoms with Crippen LogP contribution in [0.3, 0.4) is 0 Å². The molecule has 0 heterocycles. The summed E-state index contributed by atoms with van der Waals surface area (Å²) in [4.78, 5) is 2.10. The van der Waals surface area contributed by atoms with Crippen molar-refractivity contribution < 1.29 is 4.39 Å². The van der Waals surface area contributed by atoms with Gasteiger partial charge < -0.3 is 5.73 Å². The average Bonchev–Trinajstić information content (AvgIpc) is 2.40. The van der Waals surface area contributed by atoms with Gasteiger partial charge in [0.15, 0.2) is 0 Å². The van der Waals surface area contributed by atoms with Crippen LogP contribution in [0.2, 0.25) is 0 Å². The van der Waals surface area contributed by atoms with Gasteiger partial charge in [-0.2, -0.15) is 0 Å². The maximum Gasteiger partial charge on any atom is 0.127 e. The van der Waals surface area contributed by atoms with Gasteiger partial charge in [0.2, 0.25) is 0 Å². The number of nitrogen functional groups attached to an aromatic ring is 1. The molecule has 0 saturated carbocycles. The number of anilines is 1. The van der Waals surface area contributed by atoms with Crippen LogP contribution in [-0.2, 0) is 6.54 Å². The van der Waals surface area contributed by atoms with Gasteiger partial charge in [0.05, 0.1) is 0 Å². The Labute approximate surface area is 113 Å². The van der Waals surface area contributed by atoms with Crippen molar-refractivity contribution in [2.24, 2.45) is 0 Å². The second kappa shape index (κ2) is 5.85. The van der Waals surface area contributed by atoms with Gasteiger partial charge in [-0.15, -0.1) is 0 Å². The first-order valence-corrected chi connectivity index (χ1v) is 6.37. The maximum atomic E-state index is 13.6. The van der Waals surface area contributed by atoms with Gasteiger partial charge in [0, 0.05) is 23.8 Å². The van der Waals surface area contributed by atoms with E-state index in [0.717, 1.165) is 11.3 Å². The molecule has 0 fully saturated rings. The predicted molar refractivity (Wildman–Crippen MR) is 77.1 cm³/mol. The van der Waals surface area contributed by atoms with Crippen molar-refractivity contribution in [3.63, 3.8) is 0 Å². The van der Waals surface area contributed by atoms with E-state index in [0.29, 0.717) is 12.1 Å². The zero-order chi connectivity index (χ0) is 13.8. The lowest BCUT2D eigenvalue weighted by Gasteiger charge is -2.25. The minimum atomic E-state index is -0.158. The number of benzene rings is 2. The van der Waals surface area contributed by atoms with Crippen LogP contribution in [0.4, 0.5) is 10.1 Å². The third kappa shape index (κ3) is 3.32. The van der Waals surface area contributed by atoms with Gasteiger partial charge in [0.25, 0.3) is 0 Å². The molecule has 0 aliphatic rings. The Morgan fingerprint density at radius 1 is 1.16 bits per heavy atom. The highest BCUT2D eigenvalue weighted by molar-refractivity contribution is 5.41. The van der Waals surface area contributed by atoms with E-state index in [1.165, 1.54) is 6.07 Å². The third-order valence-corrected chi connectivity index (χ3v) is 3.43. The summed E-state index contributed by atoms with van der Waals surface area (Å²) in [7, 11) is 1.99. The first kappa shape index (κ1) is 13.6. The molecule has 0 spiro atoms. The largest absolute Gasteiger partial charge is 0.399 e. The van der Waals surface area contributed by atoms with Crippen molar-refractivity contribution in [1.82, 2.24) is 4.90 Å². The van der Waals surface area contributed by atoms with Crippen LogP contribution in [0.25, 0.3) is 0 Å². The second-order valence-corrected chi connectivity index (χ2v) is 4.85. The van der Waals surface area contributed by atoms with Gasteiger partial charge in [-0.05, 0) is 37.7 Å². The molecule has 2 aromatic rings. The molecule has 3 heteroatoms. The monoisotopic (exact) mass is 258 g/mol. The minimum Gasteiger partial charge on any atom is -0.399 e. The molecular formula is C16H19FN2. The minimum absolute atomic E-state index is 0.158. The SMILES string of the molecule is CC(c1cccc(N)c1)N(C)Cc1ccccc1F. The smallest absolute Gasteiger partial charge is 0.127 e. The van der Waals surface area contributed by atoms with Crippen LogP contribution in [-0.4, -0.2) is 11.9 Å². The standard InChI is InChI=1S/C16H19FN2/c1-12(13-7-5-8-15(18)10-13)19(2)11-14-6-3-4-9-16(14)17/h3-10,12H,11,18H2,1-2H3. The molecule has 0 bridgehead atoms. The van der Waals surface area contributed by atoms with E-state index in [-0.39, 0.29) is 11.9 Å². The quantitative estimate of drug-likeness (QED) is 0.849. The summed E-state index contributed by atoms with van der Waals surface area (Å²) < 4.78 is 13.6. The van der Waals surface area contributed by atoms with Crippen molar-refractivity contribution in [3.8, 4) is 0 Å². The average molecular weight is 258 g/mol. The van der Waals surface area contributed by atoms with Gasteiger partial charge in [-0.3, -0.25) is 4.90 Å². The van der Waals surface area contributed by atoms with Crippen molar-refractivity contribution in [1.29, 1.82) is 0 Å². The number of halogens is 1. The molecule has 0 aliphatic heterocycles. The van der Waals surface area contributed by atoms with Crippen molar-refractivity contribution in [2.45, 2.75) is 19.5 Å². The van der Waals surface area contributed by atoms with E-state index in [2.05, 4.69) is 11.8 Å². The zero-order valence-corrected chi connectivity index (χ0v) is 11.3. The second-order valence-electron chi connectivity index (χ2n) is 4.85. The highest BCUT2D eigenvalue weighted by atomic mass is 19.1. The summed E-state index contributed by atoms with van der Waals surface area (Å²) in [5.41, 5.74) is 8.39. The first-order chi connectivity index (χ1) is 9.08. The summed E-state index contributed by atoms with van der Waals surface area (Å²) in [6.07, 6.45) is 0. The maximum absolute atomic E-state index is 13.6. The Hall–Kier alpha value is -1.87. The van der Waals surface area contributed by atoms with Crippen LogP contribution in [0.1, 0.15) is 24.1 Å². The molecule has 19 heavy (non-hydrogen) atoms. The van der Waals surface area contributed by atoms with E-state index >= 15 is 0 Å². The van der Waals surface area contributed by atoms with Crippen LogP contribution in [0.5, 0.6) is 0 Å². The topological polar surface area (TPSA) is 29.3 Å². The molecule has 2 aromatic carbocycles. The van der Waals surface area contributed by atoms with E-state index in [4.69, 9.17) is 5.73 Å². The van der Waals surface area contributed by atoms with E-state index in [1.807, 2.05) is 43.4 Å². The third-order valence-electron chi connectivity index (χ3n) is 3.43. The molecule has 1 atom stereocenters. The molecular weight excluding hydrogens is 239 g/mol. The summed E-state index contributed by atoms with van der Waals surface area (Å²) >= 11 is 0. The number of hydrogen-bond donors (Lipinski definition) is 1. The lowest BCUT2D eigenvalue weighted by atomic mass is 10.1. The Morgan fingerprint density at radius 3 is 2.58 bits per heavy atom. The van der Waals surface area contributed by atoms with Crippen LogP contribution in [0, 0.1) is 5.82 Å². The fourth-order valence-electron chi connectivity index (χ4n) is 2.11. The summed E-state index contributed by atoms with van der Waals surface area (Å²) in [5, 5.41) is 0. The van der Waals surface area contributed by atoms with Crippen LogP contribution >= 0.6 is 0 Å². The zero-order valence-electron chi connectivity index (χ0n) is 11.3. The highest BCUT2D eigenvalue weighted by Crippen LogP contribution is 2.22.